The van der Waals surface area contributed by atoms with Crippen LogP contribution in [0.1, 0.15) is 34.9 Å². The lowest BCUT2D eigenvalue weighted by Crippen LogP contribution is -2.21. The molecule has 108 valence electrons. The lowest BCUT2D eigenvalue weighted by Gasteiger charge is -2.15. The number of halogens is 1. The molecule has 0 radical (unpaired) electrons. The minimum atomic E-state index is 0.862. The minimum absolute atomic E-state index is 0.862. The van der Waals surface area contributed by atoms with Gasteiger partial charge < -0.3 is 9.88 Å². The Morgan fingerprint density at radius 3 is 3.00 bits per heavy atom. The van der Waals surface area contributed by atoms with Gasteiger partial charge in [0.05, 0.1) is 10.0 Å². The maximum Gasteiger partial charge on any atom is 0.106 e. The van der Waals surface area contributed by atoms with E-state index in [9.17, 15) is 0 Å². The van der Waals surface area contributed by atoms with Crippen molar-refractivity contribution in [2.75, 3.05) is 6.54 Å². The van der Waals surface area contributed by atoms with Gasteiger partial charge in [-0.3, -0.25) is 0 Å². The van der Waals surface area contributed by atoms with Gasteiger partial charge in [-0.1, -0.05) is 11.6 Å². The van der Waals surface area contributed by atoms with Crippen LogP contribution in [-0.4, -0.2) is 16.1 Å². The van der Waals surface area contributed by atoms with Crippen LogP contribution in [0.3, 0.4) is 0 Å². The number of nitrogens with one attached hydrogen (secondary N) is 1. The first-order valence-electron chi connectivity index (χ1n) is 7.24. The first kappa shape index (κ1) is 14.1. The largest absolute Gasteiger partial charge is 0.331 e. The molecule has 2 heterocycles. The molecule has 1 N–H and O–H groups in total. The van der Waals surface area contributed by atoms with Gasteiger partial charge in [0.15, 0.2) is 0 Å². The lowest BCUT2D eigenvalue weighted by atomic mass is 10.0. The Hall–Kier alpha value is -0.840. The number of thiophene rings is 1. The van der Waals surface area contributed by atoms with Crippen LogP contribution >= 0.6 is 22.9 Å². The zero-order chi connectivity index (χ0) is 13.9. The van der Waals surface area contributed by atoms with Crippen molar-refractivity contribution >= 4 is 22.9 Å². The molecule has 3 rings (SSSR count). The average Bonchev–Trinajstić information content (AvgIpc) is 2.98. The maximum atomic E-state index is 5.93. The fourth-order valence-electron chi connectivity index (χ4n) is 2.88. The van der Waals surface area contributed by atoms with E-state index in [0.717, 1.165) is 36.2 Å². The van der Waals surface area contributed by atoms with Crippen LogP contribution in [0.2, 0.25) is 4.34 Å². The number of fused-ring (bicyclic) bond motifs is 1. The van der Waals surface area contributed by atoms with E-state index >= 15 is 0 Å². The summed E-state index contributed by atoms with van der Waals surface area (Å²) < 4.78 is 3.25. The summed E-state index contributed by atoms with van der Waals surface area (Å²) in [6.07, 6.45) is 4.95. The quantitative estimate of drug-likeness (QED) is 0.856. The first-order valence-corrected chi connectivity index (χ1v) is 8.43. The molecule has 3 nitrogen and oxygen atoms in total. The number of rotatable bonds is 5. The molecule has 2 aromatic rings. The molecule has 2 aromatic heterocycles. The summed E-state index contributed by atoms with van der Waals surface area (Å²) in [6, 6.07) is 4.05. The van der Waals surface area contributed by atoms with Crippen molar-refractivity contribution in [3.63, 3.8) is 0 Å². The monoisotopic (exact) mass is 309 g/mol. The molecule has 0 bridgehead atoms. The number of hydrogen-bond donors (Lipinski definition) is 1. The van der Waals surface area contributed by atoms with Gasteiger partial charge in [0.25, 0.3) is 0 Å². The van der Waals surface area contributed by atoms with E-state index in [2.05, 4.69) is 22.9 Å². The predicted octanol–water partition coefficient (Wildman–Crippen LogP) is 3.58. The number of imidazole rings is 1. The predicted molar refractivity (Wildman–Crippen MR) is 84.6 cm³/mol. The van der Waals surface area contributed by atoms with E-state index in [1.54, 1.807) is 11.3 Å². The Morgan fingerprint density at radius 1 is 1.35 bits per heavy atom. The Bertz CT molecular complexity index is 588. The molecule has 5 heteroatoms. The van der Waals surface area contributed by atoms with Crippen LogP contribution in [0, 0.1) is 6.92 Å². The number of aryl methyl sites for hydroxylation is 2. The highest BCUT2D eigenvalue weighted by Gasteiger charge is 2.17. The molecule has 20 heavy (non-hydrogen) atoms. The Morgan fingerprint density at radius 2 is 2.20 bits per heavy atom. The minimum Gasteiger partial charge on any atom is -0.331 e. The van der Waals surface area contributed by atoms with E-state index in [1.165, 1.54) is 35.5 Å². The first-order chi connectivity index (χ1) is 9.74. The molecule has 0 atom stereocenters. The molecule has 0 unspecified atom stereocenters. The molecular weight excluding hydrogens is 290 g/mol. The second-order valence-electron chi connectivity index (χ2n) is 5.29. The van der Waals surface area contributed by atoms with Crippen molar-refractivity contribution in [1.82, 2.24) is 14.9 Å². The lowest BCUT2D eigenvalue weighted by molar-refractivity contribution is 0.556. The highest BCUT2D eigenvalue weighted by Crippen LogP contribution is 2.22. The van der Waals surface area contributed by atoms with Crippen LogP contribution in [-0.2, 0) is 25.9 Å². The third-order valence-electron chi connectivity index (χ3n) is 3.86. The topological polar surface area (TPSA) is 29.9 Å². The van der Waals surface area contributed by atoms with Crippen LogP contribution in [0.4, 0.5) is 0 Å². The van der Waals surface area contributed by atoms with Gasteiger partial charge in [0, 0.05) is 30.2 Å². The summed E-state index contributed by atoms with van der Waals surface area (Å²) in [5, 5.41) is 3.49. The van der Waals surface area contributed by atoms with Crippen LogP contribution in [0.15, 0.2) is 12.1 Å². The van der Waals surface area contributed by atoms with Crippen LogP contribution in [0.25, 0.3) is 0 Å². The zero-order valence-electron chi connectivity index (χ0n) is 11.8. The third-order valence-corrected chi connectivity index (χ3v) is 5.09. The molecule has 0 saturated carbocycles. The Labute approximate surface area is 129 Å². The summed E-state index contributed by atoms with van der Waals surface area (Å²) >= 11 is 7.58. The second kappa shape index (κ2) is 6.29. The normalized spacial score (nSPS) is 14.5. The fourth-order valence-corrected chi connectivity index (χ4v) is 3.94. The number of hydrogen-bond acceptors (Lipinski definition) is 3. The van der Waals surface area contributed by atoms with Crippen molar-refractivity contribution in [2.45, 2.75) is 45.7 Å². The molecule has 1 aliphatic carbocycles. The molecule has 1 aliphatic rings. The van der Waals surface area contributed by atoms with Gasteiger partial charge in [-0.15, -0.1) is 11.3 Å². The standard InChI is InChI=1S/C15H20ClN3S/c1-11-18-13-4-2-3-5-14(13)19(11)9-8-17-10-12-6-7-15(16)20-12/h6-7,17H,2-5,8-10H2,1H3. The highest BCUT2D eigenvalue weighted by atomic mass is 35.5. The third kappa shape index (κ3) is 3.08. The van der Waals surface area contributed by atoms with Crippen LogP contribution < -0.4 is 5.32 Å². The average molecular weight is 310 g/mol. The summed E-state index contributed by atoms with van der Waals surface area (Å²) in [7, 11) is 0. The van der Waals surface area contributed by atoms with Gasteiger partial charge in [-0.05, 0) is 44.7 Å². The van der Waals surface area contributed by atoms with Crippen molar-refractivity contribution in [3.8, 4) is 0 Å². The molecule has 0 aliphatic heterocycles. The molecule has 0 saturated heterocycles. The van der Waals surface area contributed by atoms with Crippen molar-refractivity contribution in [1.29, 1.82) is 0 Å². The Kier molecular flexibility index (Phi) is 4.44. The van der Waals surface area contributed by atoms with E-state index in [4.69, 9.17) is 16.6 Å². The Balaban J connectivity index is 1.55. The summed E-state index contributed by atoms with van der Waals surface area (Å²) in [6.45, 7) is 5.00. The SMILES string of the molecule is Cc1nc2c(n1CCNCc1ccc(Cl)s1)CCCC2. The number of aromatic nitrogens is 2. The van der Waals surface area contributed by atoms with Crippen molar-refractivity contribution in [2.24, 2.45) is 0 Å². The van der Waals surface area contributed by atoms with E-state index in [-0.39, 0.29) is 0 Å². The molecule has 0 fully saturated rings. The molecule has 0 amide bonds. The van der Waals surface area contributed by atoms with Gasteiger partial charge in [0.2, 0.25) is 0 Å². The van der Waals surface area contributed by atoms with E-state index < -0.39 is 0 Å². The molecule has 0 spiro atoms. The van der Waals surface area contributed by atoms with Crippen molar-refractivity contribution in [3.05, 3.63) is 38.6 Å². The van der Waals surface area contributed by atoms with E-state index in [1.807, 2.05) is 6.07 Å². The highest BCUT2D eigenvalue weighted by molar-refractivity contribution is 7.16. The molecular formula is C15H20ClN3S. The summed E-state index contributed by atoms with van der Waals surface area (Å²) in [4.78, 5) is 6.00. The smallest absolute Gasteiger partial charge is 0.106 e. The summed E-state index contributed by atoms with van der Waals surface area (Å²) in [5.41, 5.74) is 2.80. The van der Waals surface area contributed by atoms with Gasteiger partial charge in [-0.25, -0.2) is 4.98 Å². The van der Waals surface area contributed by atoms with Crippen molar-refractivity contribution < 1.29 is 0 Å². The van der Waals surface area contributed by atoms with E-state index in [0.29, 0.717) is 0 Å². The second-order valence-corrected chi connectivity index (χ2v) is 7.09. The summed E-state index contributed by atoms with van der Waals surface area (Å²) in [5.74, 6) is 1.16. The number of nitrogens with zero attached hydrogens (tertiary/aromatic N) is 2. The van der Waals surface area contributed by atoms with Gasteiger partial charge >= 0.3 is 0 Å². The molecule has 0 aromatic carbocycles. The zero-order valence-corrected chi connectivity index (χ0v) is 13.4. The van der Waals surface area contributed by atoms with Gasteiger partial charge in [-0.2, -0.15) is 0 Å². The fraction of sp³-hybridized carbons (Fsp3) is 0.533. The van der Waals surface area contributed by atoms with Gasteiger partial charge in [0.1, 0.15) is 5.82 Å². The van der Waals surface area contributed by atoms with Crippen LogP contribution in [0.5, 0.6) is 0 Å². The maximum absolute atomic E-state index is 5.93.